The number of halogens is 1. The van der Waals surface area contributed by atoms with Crippen LogP contribution in [0.2, 0.25) is 5.02 Å². The highest BCUT2D eigenvalue weighted by atomic mass is 35.5. The average Bonchev–Trinajstić information content (AvgIpc) is 3.34. The van der Waals surface area contributed by atoms with E-state index in [4.69, 9.17) is 21.4 Å². The Hall–Kier alpha value is -1.59. The van der Waals surface area contributed by atoms with Crippen molar-refractivity contribution in [3.05, 3.63) is 34.9 Å². The molecule has 0 bridgehead atoms. The predicted octanol–water partition coefficient (Wildman–Crippen LogP) is 2.23. The maximum atomic E-state index is 12.2. The molecule has 0 spiro atoms. The van der Waals surface area contributed by atoms with E-state index in [1.807, 2.05) is 24.3 Å². The van der Waals surface area contributed by atoms with E-state index < -0.39 is 11.9 Å². The molecule has 2 atom stereocenters. The van der Waals surface area contributed by atoms with Crippen molar-refractivity contribution in [2.24, 2.45) is 11.8 Å². The zero-order chi connectivity index (χ0) is 16.4. The molecule has 1 heterocycles. The van der Waals surface area contributed by atoms with Crippen LogP contribution in [-0.2, 0) is 19.7 Å². The first-order valence-electron chi connectivity index (χ1n) is 7.86. The first-order valence-corrected chi connectivity index (χ1v) is 8.24. The van der Waals surface area contributed by atoms with E-state index in [0.717, 1.165) is 18.4 Å². The van der Waals surface area contributed by atoms with Crippen molar-refractivity contribution < 1.29 is 19.4 Å². The molecule has 1 saturated carbocycles. The third-order valence-electron chi connectivity index (χ3n) is 4.93. The molecule has 2 N–H and O–H groups in total. The lowest BCUT2D eigenvalue weighted by atomic mass is 9.74. The van der Waals surface area contributed by atoms with Crippen molar-refractivity contribution >= 4 is 23.5 Å². The maximum Gasteiger partial charge on any atom is 0.307 e. The number of carboxylic acid groups (broad SMARTS) is 1. The summed E-state index contributed by atoms with van der Waals surface area (Å²) in [6.45, 7) is 1.77. The molecule has 2 fully saturated rings. The summed E-state index contributed by atoms with van der Waals surface area (Å²) in [6, 6.07) is 7.72. The number of hydrogen-bond acceptors (Lipinski definition) is 3. The normalized spacial score (nSPS) is 25.6. The van der Waals surface area contributed by atoms with Gasteiger partial charge in [0, 0.05) is 30.2 Å². The van der Waals surface area contributed by atoms with Crippen molar-refractivity contribution in [2.45, 2.75) is 24.7 Å². The minimum Gasteiger partial charge on any atom is -0.481 e. The molecule has 5 nitrogen and oxygen atoms in total. The van der Waals surface area contributed by atoms with Crippen LogP contribution in [0.25, 0.3) is 0 Å². The number of ether oxygens (including phenoxy) is 1. The van der Waals surface area contributed by atoms with E-state index in [0.29, 0.717) is 31.2 Å². The van der Waals surface area contributed by atoms with Crippen molar-refractivity contribution in [2.75, 3.05) is 19.8 Å². The van der Waals surface area contributed by atoms with Gasteiger partial charge >= 0.3 is 5.97 Å². The SMILES string of the molecule is O=C(O)[C@@H]1C[C@H]1C(=O)NCC1(c2cccc(Cl)c2)CCOCC1. The lowest BCUT2D eigenvalue weighted by Crippen LogP contribution is -2.45. The topological polar surface area (TPSA) is 75.6 Å². The van der Waals surface area contributed by atoms with E-state index >= 15 is 0 Å². The Morgan fingerprint density at radius 3 is 2.65 bits per heavy atom. The standard InChI is InChI=1S/C17H20ClNO4/c18-12-3-1-2-11(8-12)17(4-6-23-7-5-17)10-19-15(20)13-9-14(13)16(21)22/h1-3,8,13-14H,4-7,9-10H2,(H,19,20)(H,21,22)/t13-,14-/m1/s1. The number of amides is 1. The number of carbonyl (C=O) groups excluding carboxylic acids is 1. The third-order valence-corrected chi connectivity index (χ3v) is 5.17. The van der Waals surface area contributed by atoms with Crippen LogP contribution in [0.1, 0.15) is 24.8 Å². The van der Waals surface area contributed by atoms with Gasteiger partial charge in [-0.15, -0.1) is 0 Å². The lowest BCUT2D eigenvalue weighted by Gasteiger charge is -2.38. The van der Waals surface area contributed by atoms with Gasteiger partial charge in [0.15, 0.2) is 0 Å². The largest absolute Gasteiger partial charge is 0.481 e. The van der Waals surface area contributed by atoms with Gasteiger partial charge < -0.3 is 15.2 Å². The molecule has 0 radical (unpaired) electrons. The van der Waals surface area contributed by atoms with Gasteiger partial charge in [0.2, 0.25) is 5.91 Å². The van der Waals surface area contributed by atoms with Gasteiger partial charge in [0.05, 0.1) is 11.8 Å². The molecule has 23 heavy (non-hydrogen) atoms. The first-order chi connectivity index (χ1) is 11.0. The Morgan fingerprint density at radius 1 is 1.30 bits per heavy atom. The Balaban J connectivity index is 1.70. The molecule has 1 aromatic rings. The van der Waals surface area contributed by atoms with E-state index in [-0.39, 0.29) is 17.2 Å². The average molecular weight is 338 g/mol. The molecule has 0 unspecified atom stereocenters. The Kier molecular flexibility index (Phi) is 4.60. The quantitative estimate of drug-likeness (QED) is 0.864. The van der Waals surface area contributed by atoms with Gasteiger partial charge in [-0.3, -0.25) is 9.59 Å². The Morgan fingerprint density at radius 2 is 2.04 bits per heavy atom. The van der Waals surface area contributed by atoms with Crippen LogP contribution >= 0.6 is 11.6 Å². The molecule has 3 rings (SSSR count). The molecular weight excluding hydrogens is 318 g/mol. The fourth-order valence-electron chi connectivity index (χ4n) is 3.29. The summed E-state index contributed by atoms with van der Waals surface area (Å²) < 4.78 is 5.47. The summed E-state index contributed by atoms with van der Waals surface area (Å²) in [4.78, 5) is 23.1. The molecule has 2 aliphatic rings. The number of hydrogen-bond donors (Lipinski definition) is 2. The van der Waals surface area contributed by atoms with Crippen LogP contribution in [0.15, 0.2) is 24.3 Å². The van der Waals surface area contributed by atoms with Gasteiger partial charge in [0.25, 0.3) is 0 Å². The summed E-state index contributed by atoms with van der Waals surface area (Å²) in [5.41, 5.74) is 0.895. The van der Waals surface area contributed by atoms with E-state index in [2.05, 4.69) is 5.32 Å². The molecule has 1 saturated heterocycles. The van der Waals surface area contributed by atoms with E-state index in [9.17, 15) is 9.59 Å². The van der Waals surface area contributed by atoms with Crippen LogP contribution in [0, 0.1) is 11.8 Å². The van der Waals surface area contributed by atoms with Crippen molar-refractivity contribution in [3.63, 3.8) is 0 Å². The van der Waals surface area contributed by atoms with Crippen LogP contribution in [0.5, 0.6) is 0 Å². The van der Waals surface area contributed by atoms with Crippen molar-refractivity contribution in [1.29, 1.82) is 0 Å². The molecule has 1 aromatic carbocycles. The molecular formula is C17H20ClNO4. The molecule has 1 aliphatic carbocycles. The van der Waals surface area contributed by atoms with Gasteiger partial charge in [-0.05, 0) is 37.0 Å². The zero-order valence-corrected chi connectivity index (χ0v) is 13.5. The van der Waals surface area contributed by atoms with E-state index in [1.165, 1.54) is 0 Å². The van der Waals surface area contributed by atoms with Crippen molar-refractivity contribution in [1.82, 2.24) is 5.32 Å². The number of aliphatic carboxylic acids is 1. The van der Waals surface area contributed by atoms with Gasteiger partial charge in [-0.1, -0.05) is 23.7 Å². The fourth-order valence-corrected chi connectivity index (χ4v) is 3.48. The predicted molar refractivity (Wildman–Crippen MR) is 85.4 cm³/mol. The number of carboxylic acids is 1. The smallest absolute Gasteiger partial charge is 0.307 e. The summed E-state index contributed by atoms with van der Waals surface area (Å²) in [5.74, 6) is -1.96. The Labute approximate surface area is 140 Å². The number of rotatable bonds is 5. The first kappa shape index (κ1) is 16.3. The second-order valence-electron chi connectivity index (χ2n) is 6.41. The highest BCUT2D eigenvalue weighted by molar-refractivity contribution is 6.30. The second kappa shape index (κ2) is 6.49. The highest BCUT2D eigenvalue weighted by Crippen LogP contribution is 2.40. The van der Waals surface area contributed by atoms with Gasteiger partial charge in [0.1, 0.15) is 0 Å². The monoisotopic (exact) mass is 337 g/mol. The number of nitrogens with one attached hydrogen (secondary N) is 1. The molecule has 1 amide bonds. The van der Waals surface area contributed by atoms with Crippen molar-refractivity contribution in [3.8, 4) is 0 Å². The highest BCUT2D eigenvalue weighted by Gasteiger charge is 2.48. The Bertz CT molecular complexity index is 612. The maximum absolute atomic E-state index is 12.2. The number of benzene rings is 1. The zero-order valence-electron chi connectivity index (χ0n) is 12.8. The molecule has 1 aliphatic heterocycles. The molecule has 0 aromatic heterocycles. The van der Waals surface area contributed by atoms with Crippen LogP contribution in [0.3, 0.4) is 0 Å². The van der Waals surface area contributed by atoms with Crippen LogP contribution in [0.4, 0.5) is 0 Å². The summed E-state index contributed by atoms with van der Waals surface area (Å²) in [5, 5.41) is 12.6. The third kappa shape index (κ3) is 3.51. The van der Waals surface area contributed by atoms with Gasteiger partial charge in [-0.25, -0.2) is 0 Å². The van der Waals surface area contributed by atoms with E-state index in [1.54, 1.807) is 0 Å². The van der Waals surface area contributed by atoms with Crippen LogP contribution in [-0.4, -0.2) is 36.7 Å². The molecule has 124 valence electrons. The minimum absolute atomic E-state index is 0.162. The summed E-state index contributed by atoms with van der Waals surface area (Å²) in [6.07, 6.45) is 2.05. The van der Waals surface area contributed by atoms with Gasteiger partial charge in [-0.2, -0.15) is 0 Å². The van der Waals surface area contributed by atoms with Crippen LogP contribution < -0.4 is 5.32 Å². The lowest BCUT2D eigenvalue weighted by molar-refractivity contribution is -0.140. The molecule has 6 heteroatoms. The second-order valence-corrected chi connectivity index (χ2v) is 6.84. The minimum atomic E-state index is -0.888. The summed E-state index contributed by atoms with van der Waals surface area (Å²) >= 11 is 6.12. The summed E-state index contributed by atoms with van der Waals surface area (Å²) in [7, 11) is 0. The fraction of sp³-hybridized carbons (Fsp3) is 0.529. The number of carbonyl (C=O) groups is 2.